The predicted molar refractivity (Wildman–Crippen MR) is 90.8 cm³/mol. The molecule has 3 aromatic rings. The largest absolute Gasteiger partial charge is 0.497 e. The van der Waals surface area contributed by atoms with Crippen LogP contribution in [0.2, 0.25) is 0 Å². The van der Waals surface area contributed by atoms with Crippen molar-refractivity contribution in [3.8, 4) is 11.5 Å². The van der Waals surface area contributed by atoms with Crippen LogP contribution in [0, 0.1) is 13.8 Å². The van der Waals surface area contributed by atoms with E-state index in [1.165, 1.54) is 0 Å². The van der Waals surface area contributed by atoms with E-state index < -0.39 is 0 Å². The van der Waals surface area contributed by atoms with Crippen molar-refractivity contribution in [3.05, 3.63) is 29.3 Å². The average Bonchev–Trinajstić information content (AvgIpc) is 2.84. The summed E-state index contributed by atoms with van der Waals surface area (Å²) < 4.78 is 13.8. The molecule has 0 aliphatic heterocycles. The van der Waals surface area contributed by atoms with Gasteiger partial charge in [0.25, 0.3) is 0 Å². The Morgan fingerprint density at radius 3 is 2.43 bits per heavy atom. The van der Waals surface area contributed by atoms with Crippen LogP contribution in [0.25, 0.3) is 16.6 Å². The van der Waals surface area contributed by atoms with Gasteiger partial charge in [-0.25, -0.2) is 9.97 Å². The number of aryl methyl sites for hydroxylation is 2. The van der Waals surface area contributed by atoms with E-state index in [9.17, 15) is 0 Å². The number of methoxy groups -OCH3 is 2. The number of hydrogen-bond acceptors (Lipinski definition) is 4. The molecule has 3 rings (SSSR count). The molecule has 0 saturated carbocycles. The fourth-order valence-corrected chi connectivity index (χ4v) is 3.22. The van der Waals surface area contributed by atoms with Gasteiger partial charge in [-0.15, -0.1) is 0 Å². The second kappa shape index (κ2) is 5.32. The highest BCUT2D eigenvalue weighted by atomic mass is 127. The highest BCUT2D eigenvalue weighted by Crippen LogP contribution is 2.33. The second-order valence-electron chi connectivity index (χ2n) is 4.83. The Morgan fingerprint density at radius 1 is 1.10 bits per heavy atom. The lowest BCUT2D eigenvalue weighted by Crippen LogP contribution is -2.01. The first-order valence-corrected chi connectivity index (χ1v) is 8.09. The first-order chi connectivity index (χ1) is 10.1. The normalized spacial score (nSPS) is 11.3. The molecule has 0 atom stereocenters. The standard InChI is InChI=1S/C15H16IN3O2/c1-8-15-9(2)18-14-11(19(15)13(7-16)17-8)5-10(20-3)6-12(14)21-4/h5-6H,7H2,1-4H3. The summed E-state index contributed by atoms with van der Waals surface area (Å²) in [5.41, 5.74) is 4.79. The molecule has 1 aromatic carbocycles. The number of ether oxygens (including phenoxy) is 2. The minimum Gasteiger partial charge on any atom is -0.497 e. The first kappa shape index (κ1) is 14.4. The van der Waals surface area contributed by atoms with Crippen LogP contribution in [-0.4, -0.2) is 28.6 Å². The first-order valence-electron chi connectivity index (χ1n) is 6.57. The van der Waals surface area contributed by atoms with Crippen molar-refractivity contribution in [2.75, 3.05) is 14.2 Å². The van der Waals surface area contributed by atoms with Gasteiger partial charge in [-0.1, -0.05) is 22.6 Å². The summed E-state index contributed by atoms with van der Waals surface area (Å²) in [6.07, 6.45) is 0. The number of aromatic nitrogens is 3. The lowest BCUT2D eigenvalue weighted by molar-refractivity contribution is 0.397. The molecule has 0 N–H and O–H groups in total. The van der Waals surface area contributed by atoms with E-state index in [4.69, 9.17) is 14.5 Å². The Kier molecular flexibility index (Phi) is 3.64. The van der Waals surface area contributed by atoms with Gasteiger partial charge >= 0.3 is 0 Å². The van der Waals surface area contributed by atoms with Crippen LogP contribution in [0.3, 0.4) is 0 Å². The molecule has 5 nitrogen and oxygen atoms in total. The number of nitrogens with zero attached hydrogens (tertiary/aromatic N) is 3. The number of benzene rings is 1. The monoisotopic (exact) mass is 397 g/mol. The van der Waals surface area contributed by atoms with Crippen LogP contribution < -0.4 is 9.47 Å². The number of halogens is 1. The number of fused-ring (bicyclic) bond motifs is 3. The lowest BCUT2D eigenvalue weighted by atomic mass is 10.2. The molecular formula is C15H16IN3O2. The van der Waals surface area contributed by atoms with Crippen molar-refractivity contribution in [1.82, 2.24) is 14.4 Å². The van der Waals surface area contributed by atoms with Crippen molar-refractivity contribution in [3.63, 3.8) is 0 Å². The molecule has 110 valence electrons. The van der Waals surface area contributed by atoms with Crippen LogP contribution in [-0.2, 0) is 4.43 Å². The van der Waals surface area contributed by atoms with E-state index in [2.05, 4.69) is 32.0 Å². The average molecular weight is 397 g/mol. The molecule has 2 aromatic heterocycles. The molecule has 0 spiro atoms. The maximum atomic E-state index is 5.48. The molecule has 2 heterocycles. The van der Waals surface area contributed by atoms with Crippen LogP contribution in [0.1, 0.15) is 17.2 Å². The highest BCUT2D eigenvalue weighted by molar-refractivity contribution is 14.1. The van der Waals surface area contributed by atoms with E-state index >= 15 is 0 Å². The van der Waals surface area contributed by atoms with Crippen LogP contribution in [0.4, 0.5) is 0 Å². The molecule has 0 saturated heterocycles. The highest BCUT2D eigenvalue weighted by Gasteiger charge is 2.17. The summed E-state index contributed by atoms with van der Waals surface area (Å²) >= 11 is 2.33. The van der Waals surface area contributed by atoms with Crippen LogP contribution in [0.15, 0.2) is 12.1 Å². The molecule has 0 fully saturated rings. The summed E-state index contributed by atoms with van der Waals surface area (Å²) in [4.78, 5) is 9.38. The zero-order valence-corrected chi connectivity index (χ0v) is 14.6. The van der Waals surface area contributed by atoms with Crippen molar-refractivity contribution in [1.29, 1.82) is 0 Å². The van der Waals surface area contributed by atoms with E-state index in [1.807, 2.05) is 26.0 Å². The maximum Gasteiger partial charge on any atom is 0.150 e. The fourth-order valence-electron chi connectivity index (χ4n) is 2.71. The number of alkyl halides is 1. The third-order valence-electron chi connectivity index (χ3n) is 3.59. The van der Waals surface area contributed by atoms with E-state index in [1.54, 1.807) is 14.2 Å². The van der Waals surface area contributed by atoms with Gasteiger partial charge < -0.3 is 9.47 Å². The van der Waals surface area contributed by atoms with Gasteiger partial charge in [0.1, 0.15) is 22.8 Å². The van der Waals surface area contributed by atoms with E-state index in [0.29, 0.717) is 5.75 Å². The topological polar surface area (TPSA) is 48.7 Å². The summed E-state index contributed by atoms with van der Waals surface area (Å²) in [6.45, 7) is 4.02. The van der Waals surface area contributed by atoms with Crippen molar-refractivity contribution >= 4 is 39.1 Å². The van der Waals surface area contributed by atoms with Gasteiger partial charge in [0, 0.05) is 12.1 Å². The Morgan fingerprint density at radius 2 is 1.81 bits per heavy atom. The Balaban J connectivity index is 2.57. The fraction of sp³-hybridized carbons (Fsp3) is 0.333. The number of imidazole rings is 1. The molecule has 0 aliphatic rings. The zero-order valence-electron chi connectivity index (χ0n) is 12.4. The minimum absolute atomic E-state index is 0.708. The zero-order chi connectivity index (χ0) is 15.1. The van der Waals surface area contributed by atoms with Crippen molar-refractivity contribution < 1.29 is 9.47 Å². The van der Waals surface area contributed by atoms with Gasteiger partial charge in [0.2, 0.25) is 0 Å². The lowest BCUT2D eigenvalue weighted by Gasteiger charge is -2.12. The maximum absolute atomic E-state index is 5.48. The molecular weight excluding hydrogens is 381 g/mol. The summed E-state index contributed by atoms with van der Waals surface area (Å²) in [6, 6.07) is 3.84. The Hall–Kier alpha value is -1.57. The summed E-state index contributed by atoms with van der Waals surface area (Å²) in [7, 11) is 3.30. The quantitative estimate of drug-likeness (QED) is 0.502. The predicted octanol–water partition coefficient (Wildman–Crippen LogP) is 3.45. The SMILES string of the molecule is COc1cc(OC)c2nc(C)c3c(C)nc(CI)n3c2c1. The van der Waals surface area contributed by atoms with E-state index in [-0.39, 0.29) is 0 Å². The third-order valence-corrected chi connectivity index (χ3v) is 4.27. The van der Waals surface area contributed by atoms with Gasteiger partial charge in [-0.2, -0.15) is 0 Å². The molecule has 0 amide bonds. The molecule has 21 heavy (non-hydrogen) atoms. The Bertz CT molecular complexity index is 842. The van der Waals surface area contributed by atoms with E-state index in [0.717, 1.165) is 43.9 Å². The van der Waals surface area contributed by atoms with Gasteiger partial charge in [0.15, 0.2) is 0 Å². The summed E-state index contributed by atoms with van der Waals surface area (Å²) in [5.74, 6) is 2.46. The smallest absolute Gasteiger partial charge is 0.150 e. The minimum atomic E-state index is 0.708. The van der Waals surface area contributed by atoms with Gasteiger partial charge in [-0.3, -0.25) is 4.40 Å². The second-order valence-corrected chi connectivity index (χ2v) is 5.59. The number of hydrogen-bond donors (Lipinski definition) is 0. The van der Waals surface area contributed by atoms with Crippen LogP contribution in [0.5, 0.6) is 11.5 Å². The van der Waals surface area contributed by atoms with Crippen LogP contribution >= 0.6 is 22.6 Å². The van der Waals surface area contributed by atoms with Crippen molar-refractivity contribution in [2.45, 2.75) is 18.3 Å². The number of rotatable bonds is 3. The van der Waals surface area contributed by atoms with Gasteiger partial charge in [0.05, 0.1) is 41.1 Å². The van der Waals surface area contributed by atoms with Crippen molar-refractivity contribution in [2.24, 2.45) is 0 Å². The molecule has 0 aliphatic carbocycles. The molecule has 0 unspecified atom stereocenters. The van der Waals surface area contributed by atoms with Gasteiger partial charge in [-0.05, 0) is 13.8 Å². The molecule has 6 heteroatoms. The molecule has 0 radical (unpaired) electrons. The third kappa shape index (κ3) is 2.12. The molecule has 0 bridgehead atoms. The Labute approximate surface area is 136 Å². The summed E-state index contributed by atoms with van der Waals surface area (Å²) in [5, 5.41) is 0.